The minimum Gasteiger partial charge on any atom is -0.388 e. The van der Waals surface area contributed by atoms with Gasteiger partial charge in [-0.1, -0.05) is 12.1 Å². The monoisotopic (exact) mass is 316 g/mol. The maximum Gasteiger partial charge on any atom is 0.224 e. The molecule has 1 aromatic carbocycles. The van der Waals surface area contributed by atoms with Crippen LogP contribution in [0.1, 0.15) is 24.8 Å². The lowest BCUT2D eigenvalue weighted by Crippen LogP contribution is -2.50. The Labute approximate surface area is 136 Å². The zero-order valence-electron chi connectivity index (χ0n) is 13.7. The number of carbonyl (C=O) groups is 1. The molecule has 2 aromatic rings. The molecule has 0 radical (unpaired) electrons. The number of hydrogen-bond donors (Lipinski definition) is 2. The van der Waals surface area contributed by atoms with Crippen molar-refractivity contribution in [3.63, 3.8) is 0 Å². The summed E-state index contributed by atoms with van der Waals surface area (Å²) in [5.41, 5.74) is 1.29. The molecule has 2 heterocycles. The molecule has 1 unspecified atom stereocenters. The summed E-state index contributed by atoms with van der Waals surface area (Å²) in [5, 5.41) is 18.9. The molecule has 2 N–H and O–H groups in total. The molecule has 1 aliphatic heterocycles. The van der Waals surface area contributed by atoms with Gasteiger partial charge in [-0.3, -0.25) is 14.8 Å². The number of H-pyrrole nitrogens is 1. The van der Waals surface area contributed by atoms with Crippen LogP contribution in [-0.2, 0) is 11.3 Å². The molecule has 1 aliphatic rings. The van der Waals surface area contributed by atoms with Crippen LogP contribution in [-0.4, -0.2) is 63.8 Å². The average molecular weight is 316 g/mol. The predicted octanol–water partition coefficient (Wildman–Crippen LogP) is 1.37. The van der Waals surface area contributed by atoms with Gasteiger partial charge in [-0.15, -0.1) is 0 Å². The smallest absolute Gasteiger partial charge is 0.224 e. The van der Waals surface area contributed by atoms with Crippen molar-refractivity contribution in [2.24, 2.45) is 0 Å². The molecule has 124 valence electrons. The van der Waals surface area contributed by atoms with Crippen LogP contribution < -0.4 is 0 Å². The number of piperidine rings is 1. The van der Waals surface area contributed by atoms with E-state index in [1.165, 1.54) is 5.56 Å². The Morgan fingerprint density at radius 2 is 2.30 bits per heavy atom. The normalized spacial score (nSPS) is 22.4. The highest BCUT2D eigenvalue weighted by atomic mass is 16.3. The summed E-state index contributed by atoms with van der Waals surface area (Å²) in [7, 11) is 3.46. The van der Waals surface area contributed by atoms with Crippen molar-refractivity contribution in [1.29, 1.82) is 0 Å². The minimum absolute atomic E-state index is 0.0202. The molecule has 0 spiro atoms. The van der Waals surface area contributed by atoms with Crippen LogP contribution in [0.3, 0.4) is 0 Å². The molecular formula is C17H24N4O2. The van der Waals surface area contributed by atoms with Gasteiger partial charge in [0.05, 0.1) is 23.7 Å². The van der Waals surface area contributed by atoms with Gasteiger partial charge in [-0.05, 0) is 31.0 Å². The fourth-order valence-corrected chi connectivity index (χ4v) is 3.27. The fraction of sp³-hybridized carbons (Fsp3) is 0.529. The number of β-amino-alcohol motifs (C(OH)–C–C–N with tert-alkyl or cyclic N) is 1. The SMILES string of the molecule is CN(C)C(=O)CC1(O)CCCN(Cc2ccc3cn[nH]c3c2)C1. The fourth-order valence-electron chi connectivity index (χ4n) is 3.27. The Morgan fingerprint density at radius 3 is 3.09 bits per heavy atom. The van der Waals surface area contributed by atoms with Gasteiger partial charge in [0.15, 0.2) is 0 Å². The van der Waals surface area contributed by atoms with E-state index in [9.17, 15) is 9.90 Å². The van der Waals surface area contributed by atoms with Crippen LogP contribution in [0.4, 0.5) is 0 Å². The summed E-state index contributed by atoms with van der Waals surface area (Å²) in [6.45, 7) is 2.25. The molecule has 3 rings (SSSR count). The second kappa shape index (κ2) is 6.29. The van der Waals surface area contributed by atoms with Crippen molar-refractivity contribution in [2.45, 2.75) is 31.4 Å². The standard InChI is InChI=1S/C17H24N4O2/c1-20(2)16(22)9-17(23)6-3-7-21(12-17)11-13-4-5-14-10-18-19-15(14)8-13/h4-5,8,10,23H,3,6-7,9,11-12H2,1-2H3,(H,18,19). The molecule has 1 fully saturated rings. The highest BCUT2D eigenvalue weighted by Crippen LogP contribution is 2.26. The van der Waals surface area contributed by atoms with Crippen molar-refractivity contribution in [2.75, 3.05) is 27.2 Å². The zero-order valence-corrected chi connectivity index (χ0v) is 13.7. The highest BCUT2D eigenvalue weighted by Gasteiger charge is 2.35. The van der Waals surface area contributed by atoms with Crippen molar-refractivity contribution < 1.29 is 9.90 Å². The third-order valence-electron chi connectivity index (χ3n) is 4.53. The van der Waals surface area contributed by atoms with Crippen molar-refractivity contribution >= 4 is 16.8 Å². The molecule has 0 saturated carbocycles. The minimum atomic E-state index is -0.919. The molecule has 6 nitrogen and oxygen atoms in total. The lowest BCUT2D eigenvalue weighted by Gasteiger charge is -2.39. The number of benzene rings is 1. The average Bonchev–Trinajstić information content (AvgIpc) is 2.94. The Bertz CT molecular complexity index is 697. The molecule has 0 bridgehead atoms. The second-order valence-corrected chi connectivity index (χ2v) is 6.80. The summed E-state index contributed by atoms with van der Waals surface area (Å²) in [6, 6.07) is 6.25. The number of hydrogen-bond acceptors (Lipinski definition) is 4. The lowest BCUT2D eigenvalue weighted by atomic mass is 9.89. The van der Waals surface area contributed by atoms with E-state index in [0.717, 1.165) is 30.4 Å². The van der Waals surface area contributed by atoms with Gasteiger partial charge in [0.2, 0.25) is 5.91 Å². The number of aromatic amines is 1. The number of fused-ring (bicyclic) bond motifs is 1. The Balaban J connectivity index is 1.67. The number of rotatable bonds is 4. The maximum atomic E-state index is 11.9. The summed E-state index contributed by atoms with van der Waals surface area (Å²) in [4.78, 5) is 15.7. The van der Waals surface area contributed by atoms with E-state index in [2.05, 4.69) is 33.3 Å². The first-order valence-corrected chi connectivity index (χ1v) is 8.02. The maximum absolute atomic E-state index is 11.9. The Morgan fingerprint density at radius 1 is 1.48 bits per heavy atom. The first kappa shape index (κ1) is 16.0. The number of carbonyl (C=O) groups excluding carboxylic acids is 1. The third-order valence-corrected chi connectivity index (χ3v) is 4.53. The second-order valence-electron chi connectivity index (χ2n) is 6.80. The largest absolute Gasteiger partial charge is 0.388 e. The van der Waals surface area contributed by atoms with E-state index >= 15 is 0 Å². The van der Waals surface area contributed by atoms with Gasteiger partial charge in [-0.25, -0.2) is 0 Å². The molecule has 1 amide bonds. The summed E-state index contributed by atoms with van der Waals surface area (Å²) in [5.74, 6) is -0.0202. The first-order chi connectivity index (χ1) is 11.0. The number of amides is 1. The summed E-state index contributed by atoms with van der Waals surface area (Å²) >= 11 is 0. The van der Waals surface area contributed by atoms with E-state index < -0.39 is 5.60 Å². The number of aromatic nitrogens is 2. The Kier molecular flexibility index (Phi) is 4.37. The molecule has 6 heteroatoms. The van der Waals surface area contributed by atoms with E-state index in [4.69, 9.17) is 0 Å². The van der Waals surface area contributed by atoms with Crippen LogP contribution >= 0.6 is 0 Å². The van der Waals surface area contributed by atoms with Crippen molar-refractivity contribution in [3.05, 3.63) is 30.0 Å². The topological polar surface area (TPSA) is 72.5 Å². The van der Waals surface area contributed by atoms with Crippen LogP contribution in [0.15, 0.2) is 24.4 Å². The van der Waals surface area contributed by atoms with Gasteiger partial charge < -0.3 is 10.0 Å². The van der Waals surface area contributed by atoms with Crippen LogP contribution in [0.2, 0.25) is 0 Å². The van der Waals surface area contributed by atoms with Crippen LogP contribution in [0, 0.1) is 0 Å². The van der Waals surface area contributed by atoms with E-state index in [1.807, 2.05) is 6.20 Å². The molecule has 1 saturated heterocycles. The number of likely N-dealkylation sites (tertiary alicyclic amines) is 1. The van der Waals surface area contributed by atoms with Gasteiger partial charge in [0, 0.05) is 32.6 Å². The van der Waals surface area contributed by atoms with Gasteiger partial charge in [-0.2, -0.15) is 5.10 Å². The number of aliphatic hydroxyl groups is 1. The molecular weight excluding hydrogens is 292 g/mol. The number of nitrogens with one attached hydrogen (secondary N) is 1. The summed E-state index contributed by atoms with van der Waals surface area (Å²) < 4.78 is 0. The summed E-state index contributed by atoms with van der Waals surface area (Å²) in [6.07, 6.45) is 3.59. The van der Waals surface area contributed by atoms with E-state index in [1.54, 1.807) is 19.0 Å². The van der Waals surface area contributed by atoms with Crippen LogP contribution in [0.25, 0.3) is 10.9 Å². The lowest BCUT2D eigenvalue weighted by molar-refractivity contribution is -0.136. The van der Waals surface area contributed by atoms with Crippen LogP contribution in [0.5, 0.6) is 0 Å². The molecule has 1 atom stereocenters. The van der Waals surface area contributed by atoms with Crippen molar-refractivity contribution in [3.8, 4) is 0 Å². The third kappa shape index (κ3) is 3.71. The van der Waals surface area contributed by atoms with E-state index in [0.29, 0.717) is 13.0 Å². The Hall–Kier alpha value is -1.92. The zero-order chi connectivity index (χ0) is 16.4. The quantitative estimate of drug-likeness (QED) is 0.893. The van der Waals surface area contributed by atoms with E-state index in [-0.39, 0.29) is 12.3 Å². The van der Waals surface area contributed by atoms with Gasteiger partial charge >= 0.3 is 0 Å². The number of nitrogens with zero attached hydrogens (tertiary/aromatic N) is 3. The molecule has 1 aromatic heterocycles. The molecule has 0 aliphatic carbocycles. The van der Waals surface area contributed by atoms with Crippen molar-refractivity contribution in [1.82, 2.24) is 20.0 Å². The molecule has 23 heavy (non-hydrogen) atoms. The highest BCUT2D eigenvalue weighted by molar-refractivity contribution is 5.78. The first-order valence-electron chi connectivity index (χ1n) is 8.02. The van der Waals surface area contributed by atoms with Gasteiger partial charge in [0.1, 0.15) is 0 Å². The van der Waals surface area contributed by atoms with Gasteiger partial charge in [0.25, 0.3) is 0 Å². The predicted molar refractivity (Wildman–Crippen MR) is 88.9 cm³/mol.